The third kappa shape index (κ3) is 4.19. The second-order valence-corrected chi connectivity index (χ2v) is 8.78. The summed E-state index contributed by atoms with van der Waals surface area (Å²) in [4.78, 5) is 22.4. The number of alkyl halides is 3. The van der Waals surface area contributed by atoms with Crippen molar-refractivity contribution in [3.05, 3.63) is 35.9 Å². The van der Waals surface area contributed by atoms with Gasteiger partial charge in [-0.25, -0.2) is 19.2 Å². The van der Waals surface area contributed by atoms with Crippen LogP contribution in [0, 0.1) is 12.7 Å². The van der Waals surface area contributed by atoms with Crippen molar-refractivity contribution in [3.63, 3.8) is 0 Å². The number of halogens is 4. The SMILES string of the molecule is Cc1c(-c2cc3cc(N(C(=O)O)C4CN(CC(F)(F)F)C4)ncc3c(N)c2F)cnc2c1NCCO2. The van der Waals surface area contributed by atoms with Crippen molar-refractivity contribution in [3.8, 4) is 17.0 Å². The van der Waals surface area contributed by atoms with E-state index in [1.807, 2.05) is 0 Å². The highest BCUT2D eigenvalue weighted by atomic mass is 19.4. The second kappa shape index (κ2) is 8.66. The number of carbonyl (C=O) groups is 1. The van der Waals surface area contributed by atoms with Gasteiger partial charge in [-0.05, 0) is 30.0 Å². The molecule has 0 spiro atoms. The lowest BCUT2D eigenvalue weighted by atomic mass is 9.97. The van der Waals surface area contributed by atoms with Crippen molar-refractivity contribution in [2.75, 3.05) is 48.7 Å². The number of amides is 1. The number of fused-ring (bicyclic) bond motifs is 2. The molecule has 0 radical (unpaired) electrons. The highest BCUT2D eigenvalue weighted by molar-refractivity contribution is 6.00. The van der Waals surface area contributed by atoms with Crippen LogP contribution in [0.3, 0.4) is 0 Å². The van der Waals surface area contributed by atoms with E-state index in [-0.39, 0.29) is 35.5 Å². The van der Waals surface area contributed by atoms with Crippen LogP contribution < -0.4 is 20.7 Å². The van der Waals surface area contributed by atoms with Gasteiger partial charge in [0.05, 0.1) is 18.3 Å². The third-order valence-corrected chi connectivity index (χ3v) is 6.38. The standard InChI is InChI=1S/C23H22F4N6O3/c1-11-15(6-31-21-20(11)29-2-3-36-21)14-4-12-5-17(30-7-16(12)19(28)18(14)24)33(22(34)35)13-8-32(9-13)10-23(25,26)27/h4-7,13,29H,2-3,8-10,28H2,1H3,(H,34,35). The number of hydrogen-bond acceptors (Lipinski definition) is 7. The Balaban J connectivity index is 1.52. The van der Waals surface area contributed by atoms with Crippen molar-refractivity contribution >= 4 is 34.1 Å². The minimum atomic E-state index is -4.37. The number of likely N-dealkylation sites (tertiary alicyclic amines) is 1. The summed E-state index contributed by atoms with van der Waals surface area (Å²) in [5, 5.41) is 13.7. The summed E-state index contributed by atoms with van der Waals surface area (Å²) in [6.07, 6.45) is -2.97. The summed E-state index contributed by atoms with van der Waals surface area (Å²) in [7, 11) is 0. The van der Waals surface area contributed by atoms with Gasteiger partial charge in [0.25, 0.3) is 0 Å². The molecule has 0 unspecified atom stereocenters. The number of benzene rings is 1. The average molecular weight is 506 g/mol. The van der Waals surface area contributed by atoms with E-state index >= 15 is 4.39 Å². The molecule has 1 saturated heterocycles. The van der Waals surface area contributed by atoms with Crippen molar-refractivity contribution in [2.45, 2.75) is 19.1 Å². The zero-order valence-electron chi connectivity index (χ0n) is 19.1. The van der Waals surface area contributed by atoms with Gasteiger partial charge in [-0.1, -0.05) is 0 Å². The largest absolute Gasteiger partial charge is 0.474 e. The molecule has 2 aliphatic heterocycles. The molecule has 0 saturated carbocycles. The van der Waals surface area contributed by atoms with Gasteiger partial charge in [-0.15, -0.1) is 0 Å². The highest BCUT2D eigenvalue weighted by Crippen LogP contribution is 2.40. The monoisotopic (exact) mass is 506 g/mol. The van der Waals surface area contributed by atoms with E-state index in [1.54, 1.807) is 6.92 Å². The summed E-state index contributed by atoms with van der Waals surface area (Å²) in [6, 6.07) is 2.27. The fourth-order valence-corrected chi connectivity index (χ4v) is 4.64. The zero-order valence-corrected chi connectivity index (χ0v) is 19.1. The van der Waals surface area contributed by atoms with Crippen LogP contribution in [0.1, 0.15) is 5.56 Å². The number of nitrogens with zero attached hydrogens (tertiary/aromatic N) is 4. The van der Waals surface area contributed by atoms with Gasteiger partial charge in [-0.2, -0.15) is 13.2 Å². The molecule has 2 aromatic heterocycles. The molecule has 1 fully saturated rings. The van der Waals surface area contributed by atoms with Crippen LogP contribution in [-0.4, -0.2) is 71.1 Å². The molecule has 4 heterocycles. The molecule has 3 aromatic rings. The average Bonchev–Trinajstić information content (AvgIpc) is 2.79. The van der Waals surface area contributed by atoms with E-state index in [4.69, 9.17) is 10.5 Å². The van der Waals surface area contributed by atoms with Crippen molar-refractivity contribution in [2.24, 2.45) is 0 Å². The Bertz CT molecular complexity index is 1360. The van der Waals surface area contributed by atoms with Crippen LogP contribution in [0.2, 0.25) is 0 Å². The number of anilines is 3. The van der Waals surface area contributed by atoms with Gasteiger partial charge in [-0.3, -0.25) is 9.80 Å². The molecular weight excluding hydrogens is 484 g/mol. The van der Waals surface area contributed by atoms with Crippen molar-refractivity contribution in [1.82, 2.24) is 14.9 Å². The quantitative estimate of drug-likeness (QED) is 0.361. The molecule has 1 aromatic carbocycles. The van der Waals surface area contributed by atoms with Gasteiger partial charge in [0, 0.05) is 48.5 Å². The number of aromatic nitrogens is 2. The van der Waals surface area contributed by atoms with Crippen LogP contribution in [-0.2, 0) is 0 Å². The maximum Gasteiger partial charge on any atom is 0.413 e. The first kappa shape index (κ1) is 23.9. The fraction of sp³-hybridized carbons (Fsp3) is 0.348. The first-order valence-corrected chi connectivity index (χ1v) is 11.1. The van der Waals surface area contributed by atoms with E-state index in [0.717, 1.165) is 9.80 Å². The summed E-state index contributed by atoms with van der Waals surface area (Å²) in [5.74, 6) is -0.241. The number of nitrogen functional groups attached to an aromatic ring is 1. The minimum Gasteiger partial charge on any atom is -0.474 e. The summed E-state index contributed by atoms with van der Waals surface area (Å²) in [6.45, 7) is 1.54. The van der Waals surface area contributed by atoms with E-state index in [1.165, 1.54) is 24.5 Å². The van der Waals surface area contributed by atoms with Gasteiger partial charge in [0.1, 0.15) is 18.1 Å². The molecular formula is C23H22F4N6O3. The van der Waals surface area contributed by atoms with Crippen LogP contribution in [0.15, 0.2) is 24.5 Å². The molecule has 0 aliphatic carbocycles. The number of rotatable bonds is 4. The summed E-state index contributed by atoms with van der Waals surface area (Å²) in [5.41, 5.74) is 7.93. The van der Waals surface area contributed by atoms with Crippen LogP contribution in [0.25, 0.3) is 21.9 Å². The Labute approximate surface area is 202 Å². The van der Waals surface area contributed by atoms with Gasteiger partial charge in [0.15, 0.2) is 5.82 Å². The van der Waals surface area contributed by atoms with Crippen LogP contribution >= 0.6 is 0 Å². The fourth-order valence-electron chi connectivity index (χ4n) is 4.64. The molecule has 0 atom stereocenters. The molecule has 2 aliphatic rings. The highest BCUT2D eigenvalue weighted by Gasteiger charge is 2.41. The predicted molar refractivity (Wildman–Crippen MR) is 125 cm³/mol. The minimum absolute atomic E-state index is 0.0129. The lowest BCUT2D eigenvalue weighted by Gasteiger charge is -2.43. The number of ether oxygens (including phenoxy) is 1. The van der Waals surface area contributed by atoms with Crippen LogP contribution in [0.5, 0.6) is 5.88 Å². The third-order valence-electron chi connectivity index (χ3n) is 6.38. The Hall–Kier alpha value is -3.87. The molecule has 5 rings (SSSR count). The van der Waals surface area contributed by atoms with E-state index in [2.05, 4.69) is 15.3 Å². The van der Waals surface area contributed by atoms with Gasteiger partial charge < -0.3 is 20.9 Å². The molecule has 4 N–H and O–H groups in total. The maximum absolute atomic E-state index is 15.4. The molecule has 13 heteroatoms. The number of pyridine rings is 2. The van der Waals surface area contributed by atoms with E-state index in [0.29, 0.717) is 41.2 Å². The first-order chi connectivity index (χ1) is 17.0. The number of nitrogens with one attached hydrogen (secondary N) is 1. The maximum atomic E-state index is 15.4. The van der Waals surface area contributed by atoms with Crippen molar-refractivity contribution in [1.29, 1.82) is 0 Å². The molecule has 9 nitrogen and oxygen atoms in total. The normalized spacial score (nSPS) is 16.1. The first-order valence-electron chi connectivity index (χ1n) is 11.1. The smallest absolute Gasteiger partial charge is 0.413 e. The summed E-state index contributed by atoms with van der Waals surface area (Å²) < 4.78 is 58.8. The Kier molecular flexibility index (Phi) is 5.74. The molecule has 1 amide bonds. The van der Waals surface area contributed by atoms with E-state index < -0.39 is 30.7 Å². The van der Waals surface area contributed by atoms with E-state index in [9.17, 15) is 23.1 Å². The van der Waals surface area contributed by atoms with Crippen LogP contribution in [0.4, 0.5) is 39.5 Å². The van der Waals surface area contributed by atoms with Gasteiger partial charge >= 0.3 is 12.3 Å². The molecule has 190 valence electrons. The topological polar surface area (TPSA) is 117 Å². The lowest BCUT2D eigenvalue weighted by Crippen LogP contribution is -2.62. The van der Waals surface area contributed by atoms with Gasteiger partial charge in [0.2, 0.25) is 5.88 Å². The Morgan fingerprint density at radius 3 is 2.72 bits per heavy atom. The Morgan fingerprint density at radius 1 is 1.28 bits per heavy atom. The predicted octanol–water partition coefficient (Wildman–Crippen LogP) is 3.86. The summed E-state index contributed by atoms with van der Waals surface area (Å²) >= 11 is 0. The number of carboxylic acid groups (broad SMARTS) is 1. The zero-order chi connectivity index (χ0) is 25.8. The molecule has 36 heavy (non-hydrogen) atoms. The Morgan fingerprint density at radius 2 is 2.03 bits per heavy atom. The molecule has 0 bridgehead atoms. The van der Waals surface area contributed by atoms with Crippen molar-refractivity contribution < 1.29 is 32.2 Å². The lowest BCUT2D eigenvalue weighted by molar-refractivity contribution is -0.154. The number of nitrogens with two attached hydrogens (primary N) is 1. The number of hydrogen-bond donors (Lipinski definition) is 3. The second-order valence-electron chi connectivity index (χ2n) is 8.78.